The molecule has 1 saturated heterocycles. The Morgan fingerprint density at radius 1 is 1.21 bits per heavy atom. The number of halogens is 1. The van der Waals surface area contributed by atoms with E-state index in [0.717, 1.165) is 6.42 Å². The monoisotopic (exact) mass is 327 g/mol. The van der Waals surface area contributed by atoms with Crippen molar-refractivity contribution in [1.82, 2.24) is 19.8 Å². The van der Waals surface area contributed by atoms with Crippen molar-refractivity contribution < 1.29 is 14.3 Å². The zero-order valence-electron chi connectivity index (χ0n) is 12.6. The Bertz CT molecular complexity index is 926. The fourth-order valence-electron chi connectivity index (χ4n) is 3.04. The zero-order valence-corrected chi connectivity index (χ0v) is 12.6. The average molecular weight is 327 g/mol. The van der Waals surface area contributed by atoms with Crippen LogP contribution in [0.25, 0.3) is 17.0 Å². The van der Waals surface area contributed by atoms with Gasteiger partial charge in [-0.1, -0.05) is 12.1 Å². The summed E-state index contributed by atoms with van der Waals surface area (Å²) >= 11 is 0. The van der Waals surface area contributed by atoms with Gasteiger partial charge in [0.05, 0.1) is 5.56 Å². The van der Waals surface area contributed by atoms with Crippen LogP contribution in [-0.2, 0) is 4.79 Å². The molecule has 3 aromatic rings. The lowest BCUT2D eigenvalue weighted by molar-refractivity contribution is -0.138. The molecule has 24 heavy (non-hydrogen) atoms. The quantitative estimate of drug-likeness (QED) is 0.792. The molecule has 1 atom stereocenters. The van der Waals surface area contributed by atoms with Gasteiger partial charge >= 0.3 is 5.97 Å². The number of rotatable bonds is 3. The molecule has 0 spiro atoms. The van der Waals surface area contributed by atoms with Gasteiger partial charge in [0.2, 0.25) is 0 Å². The number of carboxylic acid groups (broad SMARTS) is 1. The van der Waals surface area contributed by atoms with Crippen LogP contribution in [0.1, 0.15) is 12.8 Å². The van der Waals surface area contributed by atoms with Gasteiger partial charge in [-0.2, -0.15) is 4.52 Å². The molecule has 0 saturated carbocycles. The normalized spacial score (nSPS) is 17.5. The molecule has 8 heteroatoms. The van der Waals surface area contributed by atoms with E-state index in [9.17, 15) is 14.3 Å². The first kappa shape index (κ1) is 14.6. The number of aliphatic carboxylic acids is 1. The molecular formula is C16H14FN5O2. The molecular weight excluding hydrogens is 313 g/mol. The molecule has 2 aromatic heterocycles. The fraction of sp³-hybridized carbons (Fsp3) is 0.250. The van der Waals surface area contributed by atoms with E-state index in [4.69, 9.17) is 0 Å². The molecule has 0 radical (unpaired) electrons. The van der Waals surface area contributed by atoms with Crippen molar-refractivity contribution in [2.75, 3.05) is 11.4 Å². The van der Waals surface area contributed by atoms with Crippen LogP contribution in [0.4, 0.5) is 10.2 Å². The van der Waals surface area contributed by atoms with Gasteiger partial charge in [0.1, 0.15) is 17.7 Å². The van der Waals surface area contributed by atoms with Gasteiger partial charge in [0, 0.05) is 6.54 Å². The third-order valence-corrected chi connectivity index (χ3v) is 4.20. The topological polar surface area (TPSA) is 83.6 Å². The van der Waals surface area contributed by atoms with Crippen LogP contribution < -0.4 is 4.90 Å². The maximum absolute atomic E-state index is 14.1. The molecule has 122 valence electrons. The highest BCUT2D eigenvalue weighted by Gasteiger charge is 2.31. The van der Waals surface area contributed by atoms with Crippen molar-refractivity contribution >= 4 is 17.4 Å². The first-order chi connectivity index (χ1) is 11.6. The molecule has 0 amide bonds. The number of carboxylic acids is 1. The SMILES string of the molecule is O=C(O)C1CCCN1c1ccc2nnc(-c3ccccc3F)n2n1. The Morgan fingerprint density at radius 3 is 2.83 bits per heavy atom. The van der Waals surface area contributed by atoms with Crippen molar-refractivity contribution in [3.63, 3.8) is 0 Å². The summed E-state index contributed by atoms with van der Waals surface area (Å²) in [5, 5.41) is 21.8. The van der Waals surface area contributed by atoms with Crippen LogP contribution in [0.15, 0.2) is 36.4 Å². The maximum atomic E-state index is 14.1. The smallest absolute Gasteiger partial charge is 0.326 e. The number of benzene rings is 1. The van der Waals surface area contributed by atoms with E-state index in [0.29, 0.717) is 30.0 Å². The van der Waals surface area contributed by atoms with E-state index < -0.39 is 17.8 Å². The van der Waals surface area contributed by atoms with E-state index >= 15 is 0 Å². The van der Waals surface area contributed by atoms with Gasteiger partial charge in [-0.05, 0) is 37.1 Å². The van der Waals surface area contributed by atoms with E-state index in [1.807, 2.05) is 0 Å². The van der Waals surface area contributed by atoms with E-state index in [2.05, 4.69) is 15.3 Å². The van der Waals surface area contributed by atoms with Crippen LogP contribution in [0.3, 0.4) is 0 Å². The minimum atomic E-state index is -0.868. The number of fused-ring (bicyclic) bond motifs is 1. The Kier molecular flexibility index (Phi) is 3.37. The minimum absolute atomic E-state index is 0.288. The third kappa shape index (κ3) is 2.27. The minimum Gasteiger partial charge on any atom is -0.480 e. The molecule has 1 N–H and O–H groups in total. The second kappa shape index (κ2) is 5.55. The Balaban J connectivity index is 1.82. The van der Waals surface area contributed by atoms with Crippen LogP contribution in [-0.4, -0.2) is 43.5 Å². The molecule has 1 aliphatic heterocycles. The highest BCUT2D eigenvalue weighted by Crippen LogP contribution is 2.26. The molecule has 1 aromatic carbocycles. The summed E-state index contributed by atoms with van der Waals surface area (Å²) in [4.78, 5) is 13.1. The fourth-order valence-corrected chi connectivity index (χ4v) is 3.04. The molecule has 1 fully saturated rings. The largest absolute Gasteiger partial charge is 0.480 e. The number of aromatic nitrogens is 4. The standard InChI is InChI=1S/C16H14FN5O2/c17-11-5-2-1-4-10(11)15-19-18-13-7-8-14(20-22(13)15)21-9-3-6-12(21)16(23)24/h1-2,4-5,7-8,12H,3,6,9H2,(H,23,24). The lowest BCUT2D eigenvalue weighted by atomic mass is 10.2. The van der Waals surface area contributed by atoms with Crippen LogP contribution in [0.2, 0.25) is 0 Å². The number of nitrogens with zero attached hydrogens (tertiary/aromatic N) is 5. The zero-order chi connectivity index (χ0) is 16.7. The van der Waals surface area contributed by atoms with Crippen molar-refractivity contribution in [2.24, 2.45) is 0 Å². The second-order valence-corrected chi connectivity index (χ2v) is 5.65. The molecule has 1 aliphatic rings. The average Bonchev–Trinajstić information content (AvgIpc) is 3.21. The number of carbonyl (C=O) groups is 1. The van der Waals surface area contributed by atoms with Gasteiger partial charge in [-0.25, -0.2) is 9.18 Å². The van der Waals surface area contributed by atoms with Crippen molar-refractivity contribution in [3.8, 4) is 11.4 Å². The van der Waals surface area contributed by atoms with E-state index in [1.165, 1.54) is 10.6 Å². The Labute approximate surface area is 136 Å². The van der Waals surface area contributed by atoms with E-state index in [1.54, 1.807) is 35.2 Å². The summed E-state index contributed by atoms with van der Waals surface area (Å²) in [6.45, 7) is 0.618. The van der Waals surface area contributed by atoms with Crippen molar-refractivity contribution in [1.29, 1.82) is 0 Å². The van der Waals surface area contributed by atoms with Crippen molar-refractivity contribution in [2.45, 2.75) is 18.9 Å². The lowest BCUT2D eigenvalue weighted by Crippen LogP contribution is -2.36. The van der Waals surface area contributed by atoms with Crippen LogP contribution in [0, 0.1) is 5.82 Å². The summed E-state index contributed by atoms with van der Waals surface area (Å²) in [6.07, 6.45) is 1.37. The predicted molar refractivity (Wildman–Crippen MR) is 84.2 cm³/mol. The number of hydrogen-bond donors (Lipinski definition) is 1. The summed E-state index contributed by atoms with van der Waals surface area (Å²) in [5.74, 6) is -0.475. The summed E-state index contributed by atoms with van der Waals surface area (Å²) in [6, 6.07) is 9.10. The van der Waals surface area contributed by atoms with Crippen LogP contribution >= 0.6 is 0 Å². The van der Waals surface area contributed by atoms with Gasteiger partial charge in [-0.3, -0.25) is 0 Å². The predicted octanol–water partition coefficient (Wildman–Crippen LogP) is 1.98. The maximum Gasteiger partial charge on any atom is 0.326 e. The van der Waals surface area contributed by atoms with Gasteiger partial charge < -0.3 is 10.0 Å². The van der Waals surface area contributed by atoms with Gasteiger partial charge in [0.15, 0.2) is 11.5 Å². The second-order valence-electron chi connectivity index (χ2n) is 5.65. The van der Waals surface area contributed by atoms with Crippen LogP contribution in [0.5, 0.6) is 0 Å². The first-order valence-corrected chi connectivity index (χ1v) is 7.62. The summed E-state index contributed by atoms with van der Waals surface area (Å²) in [7, 11) is 0. The van der Waals surface area contributed by atoms with Gasteiger partial charge in [-0.15, -0.1) is 15.3 Å². The Hall–Kier alpha value is -3.03. The summed E-state index contributed by atoms with van der Waals surface area (Å²) < 4.78 is 15.5. The highest BCUT2D eigenvalue weighted by atomic mass is 19.1. The van der Waals surface area contributed by atoms with E-state index in [-0.39, 0.29) is 5.82 Å². The lowest BCUT2D eigenvalue weighted by Gasteiger charge is -2.22. The Morgan fingerprint density at radius 2 is 2.04 bits per heavy atom. The number of hydrogen-bond acceptors (Lipinski definition) is 5. The molecule has 1 unspecified atom stereocenters. The first-order valence-electron chi connectivity index (χ1n) is 7.62. The number of anilines is 1. The van der Waals surface area contributed by atoms with Gasteiger partial charge in [0.25, 0.3) is 0 Å². The molecule has 3 heterocycles. The third-order valence-electron chi connectivity index (χ3n) is 4.20. The highest BCUT2D eigenvalue weighted by molar-refractivity contribution is 5.78. The summed E-state index contributed by atoms with van der Waals surface area (Å²) in [5.41, 5.74) is 0.772. The van der Waals surface area contributed by atoms with Crippen molar-refractivity contribution in [3.05, 3.63) is 42.2 Å². The molecule has 4 rings (SSSR count). The molecule has 7 nitrogen and oxygen atoms in total. The molecule has 0 bridgehead atoms. The molecule has 0 aliphatic carbocycles.